The molecule has 0 saturated heterocycles. The highest BCUT2D eigenvalue weighted by molar-refractivity contribution is 5.94. The Kier molecular flexibility index (Phi) is 6.37. The van der Waals surface area contributed by atoms with E-state index < -0.39 is 5.91 Å². The molecule has 1 heterocycles. The van der Waals surface area contributed by atoms with Crippen LogP contribution in [0.2, 0.25) is 0 Å². The number of primary amides is 1. The van der Waals surface area contributed by atoms with Gasteiger partial charge in [-0.15, -0.1) is 0 Å². The van der Waals surface area contributed by atoms with Crippen molar-refractivity contribution in [3.63, 3.8) is 0 Å². The smallest absolute Gasteiger partial charge is 0.250 e. The van der Waals surface area contributed by atoms with E-state index in [-0.39, 0.29) is 0 Å². The highest BCUT2D eigenvalue weighted by Gasteiger charge is 1.97. The van der Waals surface area contributed by atoms with E-state index in [1.165, 1.54) is 6.20 Å². The summed E-state index contributed by atoms with van der Waals surface area (Å²) in [6.45, 7) is 0. The number of hydrazone groups is 1. The second kappa shape index (κ2) is 8.52. The van der Waals surface area contributed by atoms with Crippen LogP contribution < -0.4 is 11.2 Å². The lowest BCUT2D eigenvalue weighted by Gasteiger charge is -1.95. The highest BCUT2D eigenvalue weighted by atomic mass is 16.1. The minimum absolute atomic E-state index is 0.345. The van der Waals surface area contributed by atoms with E-state index >= 15 is 0 Å². The molecule has 3 N–H and O–H groups in total. The lowest BCUT2D eigenvalue weighted by molar-refractivity contribution is -0.114. The molecule has 1 rings (SSSR count). The number of hydrogen-bond donors (Lipinski definition) is 2. The summed E-state index contributed by atoms with van der Waals surface area (Å²) < 4.78 is 0. The van der Waals surface area contributed by atoms with Crippen molar-refractivity contribution in [1.82, 2.24) is 5.43 Å². The minimum atomic E-state index is -0.514. The Morgan fingerprint density at radius 1 is 0.944 bits per heavy atom. The van der Waals surface area contributed by atoms with Crippen molar-refractivity contribution in [3.05, 3.63) is 72.5 Å². The quantitative estimate of drug-likeness (QED) is 0.734. The van der Waals surface area contributed by atoms with Gasteiger partial charge < -0.3 is 5.73 Å². The Labute approximate surface area is 106 Å². The van der Waals surface area contributed by atoms with Crippen molar-refractivity contribution in [1.29, 1.82) is 0 Å². The number of rotatable bonds is 1. The van der Waals surface area contributed by atoms with Gasteiger partial charge >= 0.3 is 0 Å². The van der Waals surface area contributed by atoms with E-state index in [1.807, 2.05) is 36.5 Å². The average Bonchev–Trinajstić information content (AvgIpc) is 2.36. The molecule has 0 aromatic carbocycles. The Morgan fingerprint density at radius 3 is 2.11 bits per heavy atom. The zero-order chi connectivity index (χ0) is 13.1. The van der Waals surface area contributed by atoms with Gasteiger partial charge in [-0.25, -0.2) is 0 Å². The first-order valence-electron chi connectivity index (χ1n) is 5.42. The molecule has 0 bridgehead atoms. The van der Waals surface area contributed by atoms with Gasteiger partial charge in [0.15, 0.2) is 0 Å². The predicted octanol–water partition coefficient (Wildman–Crippen LogP) is 1.73. The third-order valence-corrected chi connectivity index (χ3v) is 1.90. The molecule has 0 unspecified atom stereocenters. The van der Waals surface area contributed by atoms with Gasteiger partial charge in [0.25, 0.3) is 0 Å². The zero-order valence-corrected chi connectivity index (χ0v) is 9.86. The van der Waals surface area contributed by atoms with Crippen molar-refractivity contribution in [3.8, 4) is 0 Å². The zero-order valence-electron chi connectivity index (χ0n) is 9.86. The van der Waals surface area contributed by atoms with E-state index in [4.69, 9.17) is 5.73 Å². The topological polar surface area (TPSA) is 67.5 Å². The second-order valence-corrected chi connectivity index (χ2v) is 3.27. The van der Waals surface area contributed by atoms with E-state index in [1.54, 1.807) is 30.5 Å². The van der Waals surface area contributed by atoms with Crippen LogP contribution in [0.4, 0.5) is 0 Å². The number of nitrogens with two attached hydrogens (primary N) is 1. The molecule has 0 atom stereocenters. The number of hydrogen-bond acceptors (Lipinski definition) is 3. The molecule has 4 nitrogen and oxygen atoms in total. The fraction of sp³-hybridized carbons (Fsp3) is 0. The fourth-order valence-electron chi connectivity index (χ4n) is 1.05. The van der Waals surface area contributed by atoms with Crippen molar-refractivity contribution >= 4 is 12.1 Å². The summed E-state index contributed by atoms with van der Waals surface area (Å²) >= 11 is 0. The number of allylic oxidation sites excluding steroid dienone is 9. The Morgan fingerprint density at radius 2 is 1.50 bits per heavy atom. The molecular formula is C14H15N3O. The number of nitrogens with one attached hydrogen (secondary N) is 1. The largest absolute Gasteiger partial charge is 0.366 e. The lowest BCUT2D eigenvalue weighted by atomic mass is 10.2. The van der Waals surface area contributed by atoms with Gasteiger partial charge in [0, 0.05) is 12.4 Å². The van der Waals surface area contributed by atoms with Crippen molar-refractivity contribution in [2.45, 2.75) is 0 Å². The first-order chi connectivity index (χ1) is 8.80. The van der Waals surface area contributed by atoms with E-state index in [0.717, 1.165) is 0 Å². The molecule has 0 aromatic heterocycles. The maximum absolute atomic E-state index is 11.1. The Bertz CT molecular complexity index is 477. The molecule has 1 amide bonds. The van der Waals surface area contributed by atoms with Crippen LogP contribution in [0.1, 0.15) is 0 Å². The summed E-state index contributed by atoms with van der Waals surface area (Å²) in [6, 6.07) is 0. The van der Waals surface area contributed by atoms with Crippen molar-refractivity contribution in [2.75, 3.05) is 0 Å². The van der Waals surface area contributed by atoms with Gasteiger partial charge in [-0.2, -0.15) is 5.10 Å². The van der Waals surface area contributed by atoms with Gasteiger partial charge in [-0.1, -0.05) is 48.6 Å². The molecule has 18 heavy (non-hydrogen) atoms. The molecule has 0 spiro atoms. The number of carbonyl (C=O) groups excluding carboxylic acids is 1. The van der Waals surface area contributed by atoms with Crippen molar-refractivity contribution in [2.24, 2.45) is 10.8 Å². The maximum atomic E-state index is 11.1. The van der Waals surface area contributed by atoms with E-state index in [2.05, 4.69) is 10.5 Å². The third kappa shape index (κ3) is 6.07. The average molecular weight is 241 g/mol. The maximum Gasteiger partial charge on any atom is 0.250 e. The molecule has 1 aliphatic rings. The Balaban J connectivity index is 2.86. The highest BCUT2D eigenvalue weighted by Crippen LogP contribution is 1.95. The van der Waals surface area contributed by atoms with Crippen LogP contribution in [0, 0.1) is 0 Å². The number of carbonyl (C=O) groups is 1. The van der Waals surface area contributed by atoms with Gasteiger partial charge in [0.1, 0.15) is 0 Å². The molecule has 0 aromatic rings. The summed E-state index contributed by atoms with van der Waals surface area (Å²) in [6.07, 6.45) is 21.2. The normalized spacial score (nSPS) is 29.2. The van der Waals surface area contributed by atoms with Crippen LogP contribution in [0.15, 0.2) is 77.6 Å². The monoisotopic (exact) mass is 241 g/mol. The number of nitrogens with zero attached hydrogens (tertiary/aromatic N) is 1. The minimum Gasteiger partial charge on any atom is -0.366 e. The summed E-state index contributed by atoms with van der Waals surface area (Å²) in [5.74, 6) is -0.514. The SMILES string of the molecule is NC(=O)C1=C\N\N=C/C=C/C=C/C=C\C=C/C=C/1. The summed E-state index contributed by atoms with van der Waals surface area (Å²) in [5.41, 5.74) is 8.19. The van der Waals surface area contributed by atoms with E-state index in [0.29, 0.717) is 5.57 Å². The fourth-order valence-corrected chi connectivity index (χ4v) is 1.05. The van der Waals surface area contributed by atoms with Crippen LogP contribution in [-0.4, -0.2) is 12.1 Å². The predicted molar refractivity (Wildman–Crippen MR) is 74.6 cm³/mol. The standard InChI is InChI=1S/C14H15N3O/c15-14(18)13-10-8-6-4-2-1-3-5-7-9-11-16-17-12-13/h1-12,17H,(H2,15,18)/b2-1-,5-3+,6-4-,9-7+,10-8+,13-12+,16-11-. The molecule has 92 valence electrons. The van der Waals surface area contributed by atoms with Crippen LogP contribution in [-0.2, 0) is 4.79 Å². The van der Waals surface area contributed by atoms with Gasteiger partial charge in [-0.3, -0.25) is 10.2 Å². The number of amides is 1. The summed E-state index contributed by atoms with van der Waals surface area (Å²) in [4.78, 5) is 11.1. The first kappa shape index (κ1) is 13.4. The van der Waals surface area contributed by atoms with Gasteiger partial charge in [0.05, 0.1) is 5.57 Å². The van der Waals surface area contributed by atoms with Crippen LogP contribution in [0.3, 0.4) is 0 Å². The second-order valence-electron chi connectivity index (χ2n) is 3.27. The van der Waals surface area contributed by atoms with Gasteiger partial charge in [-0.05, 0) is 12.2 Å². The molecular weight excluding hydrogens is 226 g/mol. The molecule has 1 aliphatic heterocycles. The van der Waals surface area contributed by atoms with Crippen LogP contribution in [0.25, 0.3) is 0 Å². The third-order valence-electron chi connectivity index (χ3n) is 1.90. The first-order valence-corrected chi connectivity index (χ1v) is 5.42. The summed E-state index contributed by atoms with van der Waals surface area (Å²) in [5, 5.41) is 3.87. The molecule has 4 heteroatoms. The van der Waals surface area contributed by atoms with E-state index in [9.17, 15) is 4.79 Å². The molecule has 0 radical (unpaired) electrons. The van der Waals surface area contributed by atoms with Gasteiger partial charge in [0.2, 0.25) is 5.91 Å². The van der Waals surface area contributed by atoms with Crippen LogP contribution in [0.5, 0.6) is 0 Å². The molecule has 0 aliphatic carbocycles. The summed E-state index contributed by atoms with van der Waals surface area (Å²) in [7, 11) is 0. The van der Waals surface area contributed by atoms with Crippen LogP contribution >= 0.6 is 0 Å². The molecule has 0 fully saturated rings. The molecule has 0 saturated carbocycles. The Hall–Kier alpha value is -2.62. The lowest BCUT2D eigenvalue weighted by Crippen LogP contribution is -2.14. The van der Waals surface area contributed by atoms with Crippen molar-refractivity contribution < 1.29 is 4.79 Å².